The number of carbonyl (C=O) groups is 3. The van der Waals surface area contributed by atoms with Gasteiger partial charge in [0.25, 0.3) is 0 Å². The highest BCUT2D eigenvalue weighted by atomic mass is 79.9. The summed E-state index contributed by atoms with van der Waals surface area (Å²) in [5, 5.41) is 19.4. The van der Waals surface area contributed by atoms with Crippen LogP contribution in [0.25, 0.3) is 0 Å². The summed E-state index contributed by atoms with van der Waals surface area (Å²) in [7, 11) is 0. The third-order valence-corrected chi connectivity index (χ3v) is 7.37. The summed E-state index contributed by atoms with van der Waals surface area (Å²) >= 11 is 3.50. The van der Waals surface area contributed by atoms with Gasteiger partial charge in [-0.1, -0.05) is 52.3 Å². The molecule has 0 radical (unpaired) electrons. The van der Waals surface area contributed by atoms with E-state index in [9.17, 15) is 24.6 Å². The van der Waals surface area contributed by atoms with E-state index in [0.29, 0.717) is 13.0 Å². The van der Waals surface area contributed by atoms with Crippen LogP contribution in [0.15, 0.2) is 43.0 Å². The number of aliphatic hydroxyl groups is 1. The van der Waals surface area contributed by atoms with E-state index < -0.39 is 41.5 Å². The molecule has 166 valence electrons. The number of amides is 2. The van der Waals surface area contributed by atoms with Crippen molar-refractivity contribution in [3.05, 3.63) is 48.6 Å². The number of ether oxygens (including phenoxy) is 1. The quantitative estimate of drug-likeness (QED) is 0.414. The third-order valence-electron chi connectivity index (χ3n) is 6.53. The van der Waals surface area contributed by atoms with E-state index in [1.54, 1.807) is 11.0 Å². The van der Waals surface area contributed by atoms with Gasteiger partial charge in [0.15, 0.2) is 0 Å². The summed E-state index contributed by atoms with van der Waals surface area (Å²) in [4.78, 5) is 41.8. The number of likely N-dealkylation sites (tertiary alicyclic amines) is 1. The van der Waals surface area contributed by atoms with Crippen LogP contribution in [0.1, 0.15) is 12.0 Å². The van der Waals surface area contributed by atoms with Gasteiger partial charge in [-0.2, -0.15) is 0 Å². The van der Waals surface area contributed by atoms with Crippen LogP contribution < -0.4 is 0 Å². The molecule has 2 N–H and O–H groups in total. The Morgan fingerprint density at radius 2 is 2.06 bits per heavy atom. The van der Waals surface area contributed by atoms with Crippen LogP contribution in [0, 0.1) is 11.8 Å². The summed E-state index contributed by atoms with van der Waals surface area (Å²) in [6.45, 7) is 3.93. The lowest BCUT2D eigenvalue weighted by Gasteiger charge is -2.36. The normalized spacial score (nSPS) is 33.4. The number of halogens is 1. The van der Waals surface area contributed by atoms with Gasteiger partial charge in [0.1, 0.15) is 11.6 Å². The van der Waals surface area contributed by atoms with Crippen LogP contribution in [0.5, 0.6) is 0 Å². The number of nitrogens with zero attached hydrogens (tertiary/aromatic N) is 2. The Morgan fingerprint density at radius 3 is 2.68 bits per heavy atom. The molecule has 9 heteroatoms. The zero-order valence-corrected chi connectivity index (χ0v) is 18.5. The van der Waals surface area contributed by atoms with Crippen LogP contribution >= 0.6 is 15.9 Å². The van der Waals surface area contributed by atoms with E-state index in [-0.39, 0.29) is 30.4 Å². The van der Waals surface area contributed by atoms with Crippen molar-refractivity contribution in [1.29, 1.82) is 0 Å². The number of aliphatic carboxylic acids is 1. The Kier molecular flexibility index (Phi) is 5.93. The maximum atomic E-state index is 13.8. The minimum Gasteiger partial charge on any atom is -0.481 e. The van der Waals surface area contributed by atoms with Gasteiger partial charge >= 0.3 is 5.97 Å². The van der Waals surface area contributed by atoms with Crippen molar-refractivity contribution in [2.75, 3.05) is 19.7 Å². The first-order valence-electron chi connectivity index (χ1n) is 10.3. The van der Waals surface area contributed by atoms with E-state index in [2.05, 4.69) is 22.5 Å². The van der Waals surface area contributed by atoms with E-state index in [1.807, 2.05) is 30.3 Å². The number of fused-ring (bicyclic) bond motifs is 1. The summed E-state index contributed by atoms with van der Waals surface area (Å²) in [5.74, 6) is -3.88. The molecular formula is C22H25BrN2O6. The van der Waals surface area contributed by atoms with Crippen molar-refractivity contribution >= 4 is 33.7 Å². The van der Waals surface area contributed by atoms with Crippen LogP contribution in [0.4, 0.5) is 0 Å². The van der Waals surface area contributed by atoms with E-state index in [4.69, 9.17) is 4.74 Å². The lowest BCUT2D eigenvalue weighted by atomic mass is 9.70. The molecule has 0 aliphatic carbocycles. The van der Waals surface area contributed by atoms with Gasteiger partial charge < -0.3 is 24.7 Å². The second-order valence-corrected chi connectivity index (χ2v) is 9.43. The van der Waals surface area contributed by atoms with Crippen molar-refractivity contribution in [2.24, 2.45) is 11.8 Å². The molecule has 31 heavy (non-hydrogen) atoms. The number of hydrogen-bond donors (Lipinski definition) is 2. The zero-order chi connectivity index (χ0) is 22.3. The van der Waals surface area contributed by atoms with Crippen LogP contribution in [0.3, 0.4) is 0 Å². The molecule has 8 nitrogen and oxygen atoms in total. The molecule has 6 atom stereocenters. The van der Waals surface area contributed by atoms with Gasteiger partial charge in [0, 0.05) is 24.5 Å². The number of alkyl halides is 1. The summed E-state index contributed by atoms with van der Waals surface area (Å²) in [6.07, 6.45) is 1.28. The molecule has 0 aromatic heterocycles. The number of carbonyl (C=O) groups excluding carboxylic acids is 2. The molecule has 0 saturated carbocycles. The Morgan fingerprint density at radius 1 is 1.35 bits per heavy atom. The average Bonchev–Trinajstić information content (AvgIpc) is 3.32. The predicted molar refractivity (Wildman–Crippen MR) is 114 cm³/mol. The molecule has 2 bridgehead atoms. The largest absolute Gasteiger partial charge is 0.481 e. The molecule has 3 fully saturated rings. The number of aliphatic hydroxyl groups excluding tert-OH is 1. The summed E-state index contributed by atoms with van der Waals surface area (Å²) in [5.41, 5.74) is -0.315. The summed E-state index contributed by atoms with van der Waals surface area (Å²) in [6, 6.07) is 8.46. The fourth-order valence-corrected chi connectivity index (χ4v) is 6.35. The van der Waals surface area contributed by atoms with Crippen molar-refractivity contribution in [2.45, 2.75) is 35.5 Å². The van der Waals surface area contributed by atoms with Crippen LogP contribution in [0.2, 0.25) is 0 Å². The first kappa shape index (κ1) is 22.0. The lowest BCUT2D eigenvalue weighted by molar-refractivity contribution is -0.151. The Labute approximate surface area is 188 Å². The molecule has 3 aliphatic heterocycles. The molecule has 1 aromatic rings. The third kappa shape index (κ3) is 3.39. The zero-order valence-electron chi connectivity index (χ0n) is 16.9. The molecule has 3 aliphatic rings. The van der Waals surface area contributed by atoms with Crippen LogP contribution in [-0.4, -0.2) is 80.1 Å². The van der Waals surface area contributed by atoms with Crippen LogP contribution in [-0.2, 0) is 25.7 Å². The molecule has 3 heterocycles. The Balaban J connectivity index is 1.73. The maximum Gasteiger partial charge on any atom is 0.310 e. The second-order valence-electron chi connectivity index (χ2n) is 8.25. The first-order chi connectivity index (χ1) is 14.9. The van der Waals surface area contributed by atoms with Crippen molar-refractivity contribution in [3.63, 3.8) is 0 Å². The SMILES string of the molecule is C=CCN(Cc1ccccc1)C(=O)[C@H]1N(CCO)C(=O)[C@@H]2[C@@H](C(=O)O)[C@@H]3O[C@@]21CC3Br. The maximum absolute atomic E-state index is 13.8. The molecule has 1 spiro atoms. The fourth-order valence-electron chi connectivity index (χ4n) is 5.40. The number of benzene rings is 1. The topological polar surface area (TPSA) is 107 Å². The van der Waals surface area contributed by atoms with E-state index in [0.717, 1.165) is 5.56 Å². The molecule has 3 saturated heterocycles. The van der Waals surface area contributed by atoms with Gasteiger partial charge in [0.2, 0.25) is 11.8 Å². The highest BCUT2D eigenvalue weighted by Gasteiger charge is 2.76. The minimum atomic E-state index is -1.23. The van der Waals surface area contributed by atoms with Gasteiger partial charge in [-0.15, -0.1) is 6.58 Å². The molecule has 1 aromatic carbocycles. The number of β-amino-alcohol motifs (C(OH)–C–C–N with tert-alkyl or cyclic N) is 1. The predicted octanol–water partition coefficient (Wildman–Crippen LogP) is 1.03. The minimum absolute atomic E-state index is 0.0614. The highest BCUT2D eigenvalue weighted by molar-refractivity contribution is 9.09. The molecule has 2 amide bonds. The van der Waals surface area contributed by atoms with Gasteiger partial charge in [0.05, 0.1) is 24.5 Å². The summed E-state index contributed by atoms with van der Waals surface area (Å²) < 4.78 is 6.18. The number of rotatable bonds is 8. The highest BCUT2D eigenvalue weighted by Crippen LogP contribution is 2.60. The number of carboxylic acids is 1. The van der Waals surface area contributed by atoms with Gasteiger partial charge in [-0.05, 0) is 12.0 Å². The fraction of sp³-hybridized carbons (Fsp3) is 0.500. The van der Waals surface area contributed by atoms with E-state index >= 15 is 0 Å². The van der Waals surface area contributed by atoms with Crippen molar-refractivity contribution < 1.29 is 29.3 Å². The average molecular weight is 493 g/mol. The second kappa shape index (κ2) is 8.37. The Bertz CT molecular complexity index is 895. The smallest absolute Gasteiger partial charge is 0.310 e. The molecule has 4 rings (SSSR count). The van der Waals surface area contributed by atoms with Gasteiger partial charge in [-0.25, -0.2) is 0 Å². The Hall–Kier alpha value is -2.23. The monoisotopic (exact) mass is 492 g/mol. The van der Waals surface area contributed by atoms with Crippen molar-refractivity contribution in [3.8, 4) is 0 Å². The van der Waals surface area contributed by atoms with E-state index in [1.165, 1.54) is 4.90 Å². The standard InChI is InChI=1S/C22H25BrN2O6/c1-2-8-24(12-13-6-4-3-5-7-13)20(28)18-22-11-14(23)17(31-22)15(21(29)30)16(22)19(27)25(18)9-10-26/h2-7,14-18,26H,1,8-12H2,(H,29,30)/t14?,15-,16+,17-,18-,22+/m1/s1. The lowest BCUT2D eigenvalue weighted by Crippen LogP contribution is -2.56. The number of hydrogen-bond acceptors (Lipinski definition) is 5. The first-order valence-corrected chi connectivity index (χ1v) is 11.2. The van der Waals surface area contributed by atoms with Gasteiger partial charge in [-0.3, -0.25) is 14.4 Å². The van der Waals surface area contributed by atoms with Crippen molar-refractivity contribution in [1.82, 2.24) is 9.80 Å². The molecular weight excluding hydrogens is 468 g/mol. The molecule has 1 unspecified atom stereocenters. The number of carboxylic acid groups (broad SMARTS) is 1.